The Kier molecular flexibility index (Phi) is 7.85. The zero-order valence-electron chi connectivity index (χ0n) is 17.3. The molecule has 0 aromatic heterocycles. The number of hydrogen-bond donors (Lipinski definition) is 1. The van der Waals surface area contributed by atoms with E-state index in [1.165, 1.54) is 11.8 Å². The minimum atomic E-state index is -0.225. The highest BCUT2D eigenvalue weighted by Crippen LogP contribution is 2.37. The summed E-state index contributed by atoms with van der Waals surface area (Å²) in [6.45, 7) is 0.431. The molecule has 1 amide bonds. The van der Waals surface area contributed by atoms with Crippen molar-refractivity contribution >= 4 is 80.4 Å². The Morgan fingerprint density at radius 2 is 1.88 bits per heavy atom. The number of amidine groups is 1. The summed E-state index contributed by atoms with van der Waals surface area (Å²) >= 11 is 15.5. The van der Waals surface area contributed by atoms with Gasteiger partial charge in [0.05, 0.1) is 31.3 Å². The number of halogens is 3. The first-order chi connectivity index (χ1) is 15.9. The molecule has 4 rings (SSSR count). The first kappa shape index (κ1) is 23.9. The number of thioether (sulfide) groups is 1. The first-order valence-corrected chi connectivity index (χ1v) is 12.4. The van der Waals surface area contributed by atoms with Crippen LogP contribution in [0.3, 0.4) is 0 Å². The van der Waals surface area contributed by atoms with Crippen molar-refractivity contribution in [1.29, 1.82) is 0 Å². The zero-order valence-corrected chi connectivity index (χ0v) is 21.8. The largest absolute Gasteiger partial charge is 0.493 e. The fourth-order valence-corrected chi connectivity index (χ4v) is 4.91. The maximum Gasteiger partial charge on any atom is 0.264 e. The van der Waals surface area contributed by atoms with Crippen molar-refractivity contribution in [2.45, 2.75) is 6.61 Å². The van der Waals surface area contributed by atoms with Crippen molar-refractivity contribution < 1.29 is 14.3 Å². The van der Waals surface area contributed by atoms with Crippen LogP contribution in [0.1, 0.15) is 11.1 Å². The number of carbonyl (C=O) groups is 1. The third-order valence-corrected chi connectivity index (χ3v) is 7.01. The highest BCUT2D eigenvalue weighted by atomic mass is 127. The fraction of sp³-hybridized carbons (Fsp3) is 0.0833. The molecule has 1 heterocycles. The highest BCUT2D eigenvalue weighted by molar-refractivity contribution is 14.1. The average Bonchev–Trinajstić information content (AvgIpc) is 3.14. The summed E-state index contributed by atoms with van der Waals surface area (Å²) in [7, 11) is 1.59. The Labute approximate surface area is 219 Å². The summed E-state index contributed by atoms with van der Waals surface area (Å²) < 4.78 is 12.4. The highest BCUT2D eigenvalue weighted by Gasteiger charge is 2.24. The second kappa shape index (κ2) is 10.8. The maximum atomic E-state index is 12.5. The number of benzene rings is 3. The summed E-state index contributed by atoms with van der Waals surface area (Å²) in [5.74, 6) is 1.03. The summed E-state index contributed by atoms with van der Waals surface area (Å²) in [5, 5.41) is 4.09. The topological polar surface area (TPSA) is 59.9 Å². The van der Waals surface area contributed by atoms with Gasteiger partial charge < -0.3 is 14.8 Å². The van der Waals surface area contributed by atoms with Crippen LogP contribution >= 0.6 is 57.6 Å². The molecule has 168 valence electrons. The van der Waals surface area contributed by atoms with Crippen LogP contribution in [-0.4, -0.2) is 18.2 Å². The van der Waals surface area contributed by atoms with Crippen LogP contribution in [0.25, 0.3) is 6.08 Å². The molecule has 1 saturated heterocycles. The lowest BCUT2D eigenvalue weighted by molar-refractivity contribution is -0.115. The van der Waals surface area contributed by atoms with E-state index in [1.54, 1.807) is 31.4 Å². The van der Waals surface area contributed by atoms with Gasteiger partial charge in [0.15, 0.2) is 16.7 Å². The molecule has 33 heavy (non-hydrogen) atoms. The quantitative estimate of drug-likeness (QED) is 0.239. The molecular weight excluding hydrogens is 594 g/mol. The number of ether oxygens (including phenoxy) is 2. The van der Waals surface area contributed by atoms with E-state index in [1.807, 2.05) is 42.5 Å². The molecule has 3 aromatic carbocycles. The Morgan fingerprint density at radius 1 is 1.09 bits per heavy atom. The number of aliphatic imine (C=N–C) groups is 1. The maximum absolute atomic E-state index is 12.5. The van der Waals surface area contributed by atoms with E-state index in [0.29, 0.717) is 43.9 Å². The minimum Gasteiger partial charge on any atom is -0.493 e. The number of carbonyl (C=O) groups excluding carboxylic acids is 1. The first-order valence-electron chi connectivity index (χ1n) is 9.72. The lowest BCUT2D eigenvalue weighted by Gasteiger charge is -2.14. The van der Waals surface area contributed by atoms with Crippen LogP contribution in [-0.2, 0) is 11.4 Å². The molecule has 0 spiro atoms. The van der Waals surface area contributed by atoms with Crippen molar-refractivity contribution in [1.82, 2.24) is 5.32 Å². The lowest BCUT2D eigenvalue weighted by Crippen LogP contribution is -2.19. The van der Waals surface area contributed by atoms with Crippen molar-refractivity contribution in [2.75, 3.05) is 7.11 Å². The lowest BCUT2D eigenvalue weighted by atomic mass is 10.2. The minimum absolute atomic E-state index is 0.225. The van der Waals surface area contributed by atoms with Gasteiger partial charge in [-0.15, -0.1) is 0 Å². The van der Waals surface area contributed by atoms with E-state index >= 15 is 0 Å². The number of amides is 1. The predicted molar refractivity (Wildman–Crippen MR) is 144 cm³/mol. The molecule has 1 fully saturated rings. The smallest absolute Gasteiger partial charge is 0.264 e. The van der Waals surface area contributed by atoms with Crippen molar-refractivity contribution in [2.24, 2.45) is 4.99 Å². The third-order valence-electron chi connectivity index (χ3n) is 4.56. The van der Waals surface area contributed by atoms with Gasteiger partial charge in [-0.2, -0.15) is 0 Å². The van der Waals surface area contributed by atoms with E-state index in [0.717, 1.165) is 14.7 Å². The summed E-state index contributed by atoms with van der Waals surface area (Å²) in [6, 6.07) is 18.8. The standard InChI is InChI=1S/C24H17Cl2IN2O3S/c1-31-20-10-15(9-19(27)22(20)32-13-14-5-3-2-4-6-14)11-21-23(30)29-24(33-21)28-16-7-8-17(25)18(26)12-16/h2-12H,13H2,1H3,(H,28,29,30)/b21-11+. The van der Waals surface area contributed by atoms with Gasteiger partial charge in [-0.1, -0.05) is 53.5 Å². The van der Waals surface area contributed by atoms with Crippen LogP contribution in [0.15, 0.2) is 70.6 Å². The van der Waals surface area contributed by atoms with Crippen molar-refractivity contribution in [3.63, 3.8) is 0 Å². The van der Waals surface area contributed by atoms with Gasteiger partial charge in [0.2, 0.25) is 0 Å². The van der Waals surface area contributed by atoms with Crippen LogP contribution in [0, 0.1) is 3.57 Å². The van der Waals surface area contributed by atoms with Gasteiger partial charge in [-0.05, 0) is 81.9 Å². The number of nitrogens with one attached hydrogen (secondary N) is 1. The second-order valence-electron chi connectivity index (χ2n) is 6.89. The van der Waals surface area contributed by atoms with E-state index in [9.17, 15) is 4.79 Å². The summed E-state index contributed by atoms with van der Waals surface area (Å²) in [5.41, 5.74) is 2.48. The summed E-state index contributed by atoms with van der Waals surface area (Å²) in [4.78, 5) is 17.4. The van der Waals surface area contributed by atoms with E-state index in [4.69, 9.17) is 32.7 Å². The van der Waals surface area contributed by atoms with Gasteiger partial charge in [0.25, 0.3) is 5.91 Å². The number of nitrogens with zero attached hydrogens (tertiary/aromatic N) is 1. The molecule has 1 aliphatic rings. The molecular formula is C24H17Cl2IN2O3S. The average molecular weight is 611 g/mol. The predicted octanol–water partition coefficient (Wildman–Crippen LogP) is 7.08. The second-order valence-corrected chi connectivity index (χ2v) is 9.90. The van der Waals surface area contributed by atoms with Crippen LogP contribution in [0.4, 0.5) is 5.69 Å². The van der Waals surface area contributed by atoms with Gasteiger partial charge in [-0.3, -0.25) is 4.79 Å². The normalized spacial score (nSPS) is 15.7. The SMILES string of the molecule is COc1cc(/C=C2/SC(=Nc3ccc(Cl)c(Cl)c3)NC2=O)cc(I)c1OCc1ccccc1. The van der Waals surface area contributed by atoms with Gasteiger partial charge >= 0.3 is 0 Å². The Hall–Kier alpha value is -2.20. The molecule has 1 aliphatic heterocycles. The third kappa shape index (κ3) is 6.03. The molecule has 0 saturated carbocycles. The van der Waals surface area contributed by atoms with Gasteiger partial charge in [-0.25, -0.2) is 4.99 Å². The van der Waals surface area contributed by atoms with Gasteiger partial charge in [0.1, 0.15) is 6.61 Å². The Bertz CT molecular complexity index is 1270. The Balaban J connectivity index is 1.54. The molecule has 0 unspecified atom stereocenters. The molecule has 0 atom stereocenters. The zero-order chi connectivity index (χ0) is 23.4. The van der Waals surface area contributed by atoms with Crippen LogP contribution in [0.5, 0.6) is 11.5 Å². The monoisotopic (exact) mass is 610 g/mol. The molecule has 3 aromatic rings. The van der Waals surface area contributed by atoms with Crippen molar-refractivity contribution in [3.05, 3.63) is 90.3 Å². The van der Waals surface area contributed by atoms with E-state index in [2.05, 4.69) is 32.9 Å². The number of rotatable bonds is 6. The van der Waals surface area contributed by atoms with Crippen molar-refractivity contribution in [3.8, 4) is 11.5 Å². The van der Waals surface area contributed by atoms with Crippen LogP contribution in [0.2, 0.25) is 10.0 Å². The van der Waals surface area contributed by atoms with Crippen LogP contribution < -0.4 is 14.8 Å². The molecule has 1 N–H and O–H groups in total. The summed E-state index contributed by atoms with van der Waals surface area (Å²) in [6.07, 6.45) is 1.79. The van der Waals surface area contributed by atoms with E-state index < -0.39 is 0 Å². The Morgan fingerprint density at radius 3 is 2.61 bits per heavy atom. The molecule has 0 radical (unpaired) electrons. The molecule has 0 bridgehead atoms. The fourth-order valence-electron chi connectivity index (χ4n) is 3.00. The van der Waals surface area contributed by atoms with Gasteiger partial charge in [0, 0.05) is 0 Å². The molecule has 5 nitrogen and oxygen atoms in total. The number of hydrogen-bond acceptors (Lipinski definition) is 5. The van der Waals surface area contributed by atoms with E-state index in [-0.39, 0.29) is 5.91 Å². The molecule has 0 aliphatic carbocycles. The molecule has 9 heteroatoms. The number of methoxy groups -OCH3 is 1.